The van der Waals surface area contributed by atoms with Gasteiger partial charge in [-0.1, -0.05) is 36.8 Å². The van der Waals surface area contributed by atoms with Gasteiger partial charge in [0.1, 0.15) is 0 Å². The average Bonchev–Trinajstić information content (AvgIpc) is 3.21. The number of rotatable bonds is 6. The van der Waals surface area contributed by atoms with Gasteiger partial charge in [-0.3, -0.25) is 0 Å². The van der Waals surface area contributed by atoms with E-state index in [1.165, 1.54) is 16.6 Å². The zero-order chi connectivity index (χ0) is 15.5. The van der Waals surface area contributed by atoms with Gasteiger partial charge < -0.3 is 4.52 Å². The number of aromatic nitrogens is 6. The van der Waals surface area contributed by atoms with Crippen LogP contribution in [0.15, 0.2) is 27.2 Å². The number of hydrogen-bond donors (Lipinski definition) is 0. The molecular weight excluding hydrogens is 320 g/mol. The van der Waals surface area contributed by atoms with Crippen LogP contribution in [0, 0.1) is 0 Å². The van der Waals surface area contributed by atoms with E-state index in [9.17, 15) is 0 Å². The van der Waals surface area contributed by atoms with Gasteiger partial charge in [0.25, 0.3) is 0 Å². The van der Waals surface area contributed by atoms with Gasteiger partial charge in [0.15, 0.2) is 5.82 Å². The Labute approximate surface area is 136 Å². The fourth-order valence-electron chi connectivity index (χ4n) is 1.79. The van der Waals surface area contributed by atoms with Crippen molar-refractivity contribution in [3.8, 4) is 0 Å². The van der Waals surface area contributed by atoms with Crippen LogP contribution in [-0.2, 0) is 6.54 Å². The molecule has 0 aliphatic rings. The smallest absolute Gasteiger partial charge is 0.239 e. The Hall–Kier alpha value is -1.74. The van der Waals surface area contributed by atoms with Gasteiger partial charge in [-0.2, -0.15) is 4.98 Å². The van der Waals surface area contributed by atoms with Crippen LogP contribution in [0.5, 0.6) is 0 Å². The molecule has 0 spiro atoms. The first-order valence-corrected chi connectivity index (χ1v) is 8.68. The molecule has 1 unspecified atom stereocenters. The Kier molecular flexibility index (Phi) is 4.53. The molecule has 0 radical (unpaired) electrons. The third-order valence-electron chi connectivity index (χ3n) is 2.99. The SMILES string of the molecule is CC(C)c1noc(C(C)Sc2nnnn2Cc2cccs2)n1. The van der Waals surface area contributed by atoms with Crippen LogP contribution in [-0.4, -0.2) is 30.3 Å². The minimum atomic E-state index is -0.00640. The third-order valence-corrected chi connectivity index (χ3v) is 4.91. The highest BCUT2D eigenvalue weighted by Gasteiger charge is 2.20. The van der Waals surface area contributed by atoms with Crippen molar-refractivity contribution in [2.75, 3.05) is 0 Å². The molecule has 0 fully saturated rings. The van der Waals surface area contributed by atoms with Crippen molar-refractivity contribution in [3.63, 3.8) is 0 Å². The predicted molar refractivity (Wildman–Crippen MR) is 83.9 cm³/mol. The lowest BCUT2D eigenvalue weighted by molar-refractivity contribution is 0.372. The Morgan fingerprint density at radius 2 is 2.23 bits per heavy atom. The molecule has 0 aliphatic heterocycles. The lowest BCUT2D eigenvalue weighted by Gasteiger charge is -2.06. The second-order valence-electron chi connectivity index (χ2n) is 5.10. The zero-order valence-corrected chi connectivity index (χ0v) is 14.1. The standard InChI is InChI=1S/C13H16N6OS2/c1-8(2)11-14-12(20-16-11)9(3)22-13-15-17-18-19(13)7-10-5-4-6-21-10/h4-6,8-9H,7H2,1-3H3. The van der Waals surface area contributed by atoms with Gasteiger partial charge in [0.2, 0.25) is 11.0 Å². The molecule has 0 amide bonds. The van der Waals surface area contributed by atoms with Gasteiger partial charge >= 0.3 is 0 Å². The molecule has 116 valence electrons. The summed E-state index contributed by atoms with van der Waals surface area (Å²) in [5.74, 6) is 1.57. The van der Waals surface area contributed by atoms with Crippen molar-refractivity contribution in [3.05, 3.63) is 34.1 Å². The first kappa shape index (κ1) is 15.2. The van der Waals surface area contributed by atoms with Crippen LogP contribution >= 0.6 is 23.1 Å². The van der Waals surface area contributed by atoms with Crippen LogP contribution < -0.4 is 0 Å². The lowest BCUT2D eigenvalue weighted by atomic mass is 10.2. The van der Waals surface area contributed by atoms with E-state index in [0.29, 0.717) is 12.4 Å². The van der Waals surface area contributed by atoms with Crippen LogP contribution in [0.1, 0.15) is 48.5 Å². The van der Waals surface area contributed by atoms with Crippen molar-refractivity contribution in [1.82, 2.24) is 30.3 Å². The number of tetrazole rings is 1. The number of thiophene rings is 1. The molecule has 7 nitrogen and oxygen atoms in total. The van der Waals surface area contributed by atoms with Crippen molar-refractivity contribution in [1.29, 1.82) is 0 Å². The average molecular weight is 336 g/mol. The Morgan fingerprint density at radius 1 is 1.36 bits per heavy atom. The van der Waals surface area contributed by atoms with E-state index in [0.717, 1.165) is 11.0 Å². The molecule has 0 saturated heterocycles. The fraction of sp³-hybridized carbons (Fsp3) is 0.462. The Balaban J connectivity index is 1.71. The summed E-state index contributed by atoms with van der Waals surface area (Å²) in [7, 11) is 0. The van der Waals surface area contributed by atoms with Crippen molar-refractivity contribution < 1.29 is 4.52 Å². The first-order valence-electron chi connectivity index (χ1n) is 6.92. The predicted octanol–water partition coefficient (Wildman–Crippen LogP) is 3.14. The van der Waals surface area contributed by atoms with Crippen molar-refractivity contribution in [2.45, 2.75) is 43.6 Å². The molecule has 3 aromatic rings. The monoisotopic (exact) mass is 336 g/mol. The molecule has 1 atom stereocenters. The van der Waals surface area contributed by atoms with E-state index in [-0.39, 0.29) is 11.2 Å². The minimum Gasteiger partial charge on any atom is -0.338 e. The largest absolute Gasteiger partial charge is 0.338 e. The van der Waals surface area contributed by atoms with Crippen LogP contribution in [0.25, 0.3) is 0 Å². The molecule has 3 heterocycles. The fourth-order valence-corrected chi connectivity index (χ4v) is 3.29. The second kappa shape index (κ2) is 6.57. The number of nitrogens with zero attached hydrogens (tertiary/aromatic N) is 6. The summed E-state index contributed by atoms with van der Waals surface area (Å²) >= 11 is 3.20. The van der Waals surface area contributed by atoms with Crippen molar-refractivity contribution in [2.24, 2.45) is 0 Å². The Morgan fingerprint density at radius 3 is 2.91 bits per heavy atom. The van der Waals surface area contributed by atoms with E-state index < -0.39 is 0 Å². The van der Waals surface area contributed by atoms with Gasteiger partial charge in [0.05, 0.1) is 11.8 Å². The summed E-state index contributed by atoms with van der Waals surface area (Å²) in [5, 5.41) is 18.7. The number of thioether (sulfide) groups is 1. The van der Waals surface area contributed by atoms with Crippen LogP contribution in [0.4, 0.5) is 0 Å². The second-order valence-corrected chi connectivity index (χ2v) is 7.44. The Bertz CT molecular complexity index is 721. The van der Waals surface area contributed by atoms with Gasteiger partial charge in [0, 0.05) is 10.8 Å². The summed E-state index contributed by atoms with van der Waals surface area (Å²) in [6.45, 7) is 6.75. The first-order chi connectivity index (χ1) is 10.6. The molecule has 0 aromatic carbocycles. The molecule has 0 saturated carbocycles. The molecule has 22 heavy (non-hydrogen) atoms. The third kappa shape index (κ3) is 3.36. The molecule has 0 aliphatic carbocycles. The molecular formula is C13H16N6OS2. The molecule has 9 heteroatoms. The molecule has 0 bridgehead atoms. The highest BCUT2D eigenvalue weighted by Crippen LogP contribution is 2.33. The molecule has 3 rings (SSSR count). The van der Waals surface area contributed by atoms with Gasteiger partial charge in [-0.25, -0.2) is 4.68 Å². The normalized spacial score (nSPS) is 12.9. The maximum Gasteiger partial charge on any atom is 0.239 e. The summed E-state index contributed by atoms with van der Waals surface area (Å²) < 4.78 is 7.11. The maximum atomic E-state index is 5.32. The summed E-state index contributed by atoms with van der Waals surface area (Å²) in [5.41, 5.74) is 0. The quantitative estimate of drug-likeness (QED) is 0.639. The highest BCUT2D eigenvalue weighted by atomic mass is 32.2. The zero-order valence-electron chi connectivity index (χ0n) is 12.5. The van der Waals surface area contributed by atoms with E-state index in [1.807, 2.05) is 32.2 Å². The topological polar surface area (TPSA) is 82.5 Å². The summed E-state index contributed by atoms with van der Waals surface area (Å²) in [6, 6.07) is 4.09. The molecule has 0 N–H and O–H groups in total. The van der Waals surface area contributed by atoms with E-state index in [2.05, 4.69) is 31.7 Å². The minimum absolute atomic E-state index is 0.00640. The van der Waals surface area contributed by atoms with Gasteiger partial charge in [-0.15, -0.1) is 16.4 Å². The van der Waals surface area contributed by atoms with Gasteiger partial charge in [-0.05, 0) is 28.8 Å². The lowest BCUT2D eigenvalue weighted by Crippen LogP contribution is -2.03. The molecule has 3 aromatic heterocycles. The summed E-state index contributed by atoms with van der Waals surface area (Å²) in [6.07, 6.45) is 0. The maximum absolute atomic E-state index is 5.32. The van der Waals surface area contributed by atoms with E-state index >= 15 is 0 Å². The van der Waals surface area contributed by atoms with Crippen molar-refractivity contribution >= 4 is 23.1 Å². The van der Waals surface area contributed by atoms with Crippen LogP contribution in [0.2, 0.25) is 0 Å². The number of hydrogen-bond acceptors (Lipinski definition) is 8. The van der Waals surface area contributed by atoms with E-state index in [4.69, 9.17) is 4.52 Å². The highest BCUT2D eigenvalue weighted by molar-refractivity contribution is 7.99. The van der Waals surface area contributed by atoms with E-state index in [1.54, 1.807) is 16.0 Å². The van der Waals surface area contributed by atoms with Crippen LogP contribution in [0.3, 0.4) is 0 Å². The summed E-state index contributed by atoms with van der Waals surface area (Å²) in [4.78, 5) is 5.63.